The SMILES string of the molecule is CCc1nc(Cl)cc(N2CCC3(CC2)CC(=O)c2ccccc2O3)n1. The van der Waals surface area contributed by atoms with E-state index in [2.05, 4.69) is 14.9 Å². The summed E-state index contributed by atoms with van der Waals surface area (Å²) in [7, 11) is 0. The second-order valence-electron chi connectivity index (χ2n) is 6.69. The second kappa shape index (κ2) is 6.30. The summed E-state index contributed by atoms with van der Waals surface area (Å²) in [6.07, 6.45) is 2.77. The molecule has 0 atom stereocenters. The molecule has 0 radical (unpaired) electrons. The molecule has 3 heterocycles. The highest BCUT2D eigenvalue weighted by molar-refractivity contribution is 6.29. The summed E-state index contributed by atoms with van der Waals surface area (Å²) in [5, 5.41) is 0.472. The number of ketones is 1. The van der Waals surface area contributed by atoms with Crippen molar-refractivity contribution in [3.63, 3.8) is 0 Å². The molecule has 6 heteroatoms. The smallest absolute Gasteiger partial charge is 0.170 e. The molecule has 1 aromatic heterocycles. The Balaban J connectivity index is 1.52. The van der Waals surface area contributed by atoms with Crippen molar-refractivity contribution in [1.82, 2.24) is 9.97 Å². The number of anilines is 1. The van der Waals surface area contributed by atoms with Crippen molar-refractivity contribution in [3.05, 3.63) is 46.9 Å². The fourth-order valence-corrected chi connectivity index (χ4v) is 3.83. The molecule has 1 spiro atoms. The Kier molecular flexibility index (Phi) is 4.12. The van der Waals surface area contributed by atoms with Gasteiger partial charge in [0.1, 0.15) is 28.1 Å². The van der Waals surface area contributed by atoms with Crippen LogP contribution in [0.3, 0.4) is 0 Å². The summed E-state index contributed by atoms with van der Waals surface area (Å²) in [5.74, 6) is 2.49. The number of fused-ring (bicyclic) bond motifs is 1. The molecular weight excluding hydrogens is 338 g/mol. The van der Waals surface area contributed by atoms with Gasteiger partial charge in [-0.1, -0.05) is 30.7 Å². The lowest BCUT2D eigenvalue weighted by Gasteiger charge is -2.44. The molecule has 4 rings (SSSR count). The van der Waals surface area contributed by atoms with Crippen LogP contribution in [0, 0.1) is 0 Å². The number of carbonyl (C=O) groups excluding carboxylic acids is 1. The molecule has 0 saturated carbocycles. The summed E-state index contributed by atoms with van der Waals surface area (Å²) in [4.78, 5) is 23.5. The lowest BCUT2D eigenvalue weighted by atomic mass is 9.82. The molecule has 1 fully saturated rings. The van der Waals surface area contributed by atoms with Gasteiger partial charge < -0.3 is 9.64 Å². The number of para-hydroxylation sites is 1. The summed E-state index contributed by atoms with van der Waals surface area (Å²) in [6.45, 7) is 3.58. The third-order valence-corrected chi connectivity index (χ3v) is 5.23. The number of benzene rings is 1. The predicted octanol–water partition coefficient (Wildman–Crippen LogP) is 3.70. The van der Waals surface area contributed by atoms with Gasteiger partial charge in [0, 0.05) is 38.4 Å². The summed E-state index contributed by atoms with van der Waals surface area (Å²) in [6, 6.07) is 9.33. The highest BCUT2D eigenvalue weighted by Gasteiger charge is 2.43. The summed E-state index contributed by atoms with van der Waals surface area (Å²) >= 11 is 6.12. The maximum absolute atomic E-state index is 12.5. The van der Waals surface area contributed by atoms with Gasteiger partial charge in [0.15, 0.2) is 5.78 Å². The van der Waals surface area contributed by atoms with Crippen LogP contribution in [-0.4, -0.2) is 34.4 Å². The van der Waals surface area contributed by atoms with E-state index in [-0.39, 0.29) is 5.78 Å². The number of rotatable bonds is 2. The first-order chi connectivity index (χ1) is 12.1. The topological polar surface area (TPSA) is 55.3 Å². The Morgan fingerprint density at radius 3 is 2.76 bits per heavy atom. The molecule has 0 N–H and O–H groups in total. The zero-order valence-electron chi connectivity index (χ0n) is 14.2. The Morgan fingerprint density at radius 2 is 2.00 bits per heavy atom. The highest BCUT2D eigenvalue weighted by Crippen LogP contribution is 2.39. The number of ether oxygens (including phenoxy) is 1. The fourth-order valence-electron chi connectivity index (χ4n) is 3.64. The lowest BCUT2D eigenvalue weighted by molar-refractivity contribution is 0.0231. The third-order valence-electron chi connectivity index (χ3n) is 5.04. The van der Waals surface area contributed by atoms with Gasteiger partial charge in [-0.2, -0.15) is 0 Å². The minimum absolute atomic E-state index is 0.175. The van der Waals surface area contributed by atoms with E-state index in [0.717, 1.165) is 44.0 Å². The number of piperidine rings is 1. The van der Waals surface area contributed by atoms with E-state index in [4.69, 9.17) is 16.3 Å². The molecule has 0 amide bonds. The van der Waals surface area contributed by atoms with Crippen molar-refractivity contribution in [2.75, 3.05) is 18.0 Å². The van der Waals surface area contributed by atoms with Crippen LogP contribution in [0.5, 0.6) is 5.75 Å². The molecule has 25 heavy (non-hydrogen) atoms. The number of halogens is 1. The first-order valence-corrected chi connectivity index (χ1v) is 9.06. The van der Waals surface area contributed by atoms with Crippen LogP contribution in [0.15, 0.2) is 30.3 Å². The number of hydrogen-bond acceptors (Lipinski definition) is 5. The Labute approximate surface area is 152 Å². The number of Topliss-reactive ketones (excluding diaryl/α,β-unsaturated/α-hetero) is 1. The Bertz CT molecular complexity index is 816. The van der Waals surface area contributed by atoms with E-state index < -0.39 is 5.60 Å². The number of nitrogens with zero attached hydrogens (tertiary/aromatic N) is 3. The summed E-state index contributed by atoms with van der Waals surface area (Å²) < 4.78 is 6.28. The van der Waals surface area contributed by atoms with Crippen molar-refractivity contribution in [2.45, 2.75) is 38.2 Å². The molecule has 2 aromatic rings. The number of carbonyl (C=O) groups is 1. The van der Waals surface area contributed by atoms with E-state index in [9.17, 15) is 4.79 Å². The van der Waals surface area contributed by atoms with Crippen LogP contribution in [0.1, 0.15) is 42.4 Å². The Morgan fingerprint density at radius 1 is 1.24 bits per heavy atom. The van der Waals surface area contributed by atoms with Crippen molar-refractivity contribution < 1.29 is 9.53 Å². The van der Waals surface area contributed by atoms with Gasteiger partial charge in [0.25, 0.3) is 0 Å². The molecule has 0 bridgehead atoms. The number of aryl methyl sites for hydroxylation is 1. The molecule has 0 unspecified atom stereocenters. The highest BCUT2D eigenvalue weighted by atomic mass is 35.5. The van der Waals surface area contributed by atoms with Gasteiger partial charge in [-0.3, -0.25) is 4.79 Å². The Hall–Kier alpha value is -2.14. The molecular formula is C19H20ClN3O2. The van der Waals surface area contributed by atoms with Gasteiger partial charge in [0.2, 0.25) is 0 Å². The quantitative estimate of drug-likeness (QED) is 0.767. The number of aromatic nitrogens is 2. The zero-order chi connectivity index (χ0) is 17.4. The lowest BCUT2D eigenvalue weighted by Crippen LogP contribution is -2.51. The second-order valence-corrected chi connectivity index (χ2v) is 7.07. The standard InChI is InChI=1S/C19H20ClN3O2/c1-2-17-21-16(20)11-18(22-17)23-9-7-19(8-10-23)12-14(24)13-5-3-4-6-15(13)25-19/h3-6,11H,2,7-10,12H2,1H3. The summed E-state index contributed by atoms with van der Waals surface area (Å²) in [5.41, 5.74) is 0.303. The molecule has 0 aliphatic carbocycles. The predicted molar refractivity (Wildman–Crippen MR) is 96.6 cm³/mol. The first-order valence-electron chi connectivity index (χ1n) is 8.68. The van der Waals surface area contributed by atoms with E-state index in [0.29, 0.717) is 22.9 Å². The molecule has 2 aliphatic heterocycles. The maximum Gasteiger partial charge on any atom is 0.170 e. The molecule has 1 aromatic carbocycles. The largest absolute Gasteiger partial charge is 0.486 e. The molecule has 5 nitrogen and oxygen atoms in total. The van der Waals surface area contributed by atoms with Crippen LogP contribution in [0.2, 0.25) is 5.15 Å². The van der Waals surface area contributed by atoms with Crippen LogP contribution in [0.25, 0.3) is 0 Å². The van der Waals surface area contributed by atoms with Crippen LogP contribution in [0.4, 0.5) is 5.82 Å². The monoisotopic (exact) mass is 357 g/mol. The van der Waals surface area contributed by atoms with Crippen molar-refractivity contribution in [1.29, 1.82) is 0 Å². The van der Waals surface area contributed by atoms with Crippen molar-refractivity contribution in [2.24, 2.45) is 0 Å². The molecule has 130 valence electrons. The van der Waals surface area contributed by atoms with E-state index in [1.165, 1.54) is 0 Å². The normalized spacial score (nSPS) is 18.8. The molecule has 1 saturated heterocycles. The average Bonchev–Trinajstić information content (AvgIpc) is 2.62. The van der Waals surface area contributed by atoms with Crippen LogP contribution < -0.4 is 9.64 Å². The first kappa shape index (κ1) is 16.3. The van der Waals surface area contributed by atoms with E-state index >= 15 is 0 Å². The van der Waals surface area contributed by atoms with E-state index in [1.54, 1.807) is 6.07 Å². The van der Waals surface area contributed by atoms with Gasteiger partial charge in [0.05, 0.1) is 12.0 Å². The van der Waals surface area contributed by atoms with Gasteiger partial charge >= 0.3 is 0 Å². The van der Waals surface area contributed by atoms with Crippen molar-refractivity contribution in [3.8, 4) is 5.75 Å². The van der Waals surface area contributed by atoms with Gasteiger partial charge in [-0.15, -0.1) is 0 Å². The fraction of sp³-hybridized carbons (Fsp3) is 0.421. The van der Waals surface area contributed by atoms with Crippen LogP contribution >= 0.6 is 11.6 Å². The molecule has 2 aliphatic rings. The van der Waals surface area contributed by atoms with Gasteiger partial charge in [-0.25, -0.2) is 9.97 Å². The minimum Gasteiger partial charge on any atom is -0.486 e. The minimum atomic E-state index is -0.396. The van der Waals surface area contributed by atoms with Gasteiger partial charge in [-0.05, 0) is 12.1 Å². The third kappa shape index (κ3) is 3.09. The zero-order valence-corrected chi connectivity index (χ0v) is 14.9. The van der Waals surface area contributed by atoms with E-state index in [1.807, 2.05) is 31.2 Å². The average molecular weight is 358 g/mol. The number of hydrogen-bond donors (Lipinski definition) is 0. The van der Waals surface area contributed by atoms with Crippen molar-refractivity contribution >= 4 is 23.2 Å². The van der Waals surface area contributed by atoms with Crippen LogP contribution in [-0.2, 0) is 6.42 Å². The maximum atomic E-state index is 12.5.